The van der Waals surface area contributed by atoms with Gasteiger partial charge < -0.3 is 10.1 Å². The first-order valence-electron chi connectivity index (χ1n) is 6.69. The zero-order valence-electron chi connectivity index (χ0n) is 12.5. The first kappa shape index (κ1) is 16.6. The van der Waals surface area contributed by atoms with Gasteiger partial charge in [0.15, 0.2) is 17.5 Å². The lowest BCUT2D eigenvalue weighted by atomic mass is 10.1. The number of carbonyl (C=O) groups is 1. The fourth-order valence-corrected chi connectivity index (χ4v) is 1.95. The Kier molecular flexibility index (Phi) is 5.05. The van der Waals surface area contributed by atoms with Crippen molar-refractivity contribution < 1.29 is 22.7 Å². The molecular weight excluding hydrogens is 307 g/mol. The van der Waals surface area contributed by atoms with Gasteiger partial charge in [0, 0.05) is 11.6 Å². The van der Waals surface area contributed by atoms with Gasteiger partial charge in [-0.25, -0.2) is 13.2 Å². The summed E-state index contributed by atoms with van der Waals surface area (Å²) in [5, 5.41) is 2.15. The third-order valence-electron chi connectivity index (χ3n) is 3.09. The highest BCUT2D eigenvalue weighted by atomic mass is 19.2. The first-order valence-corrected chi connectivity index (χ1v) is 6.69. The van der Waals surface area contributed by atoms with E-state index in [2.05, 4.69) is 5.32 Å². The molecule has 0 radical (unpaired) electrons. The molecule has 0 atom stereocenters. The summed E-state index contributed by atoms with van der Waals surface area (Å²) in [4.78, 5) is 11.8. The summed E-state index contributed by atoms with van der Waals surface area (Å²) in [6.45, 7) is 1.88. The summed E-state index contributed by atoms with van der Waals surface area (Å²) < 4.78 is 44.6. The quantitative estimate of drug-likeness (QED) is 0.681. The predicted molar refractivity (Wildman–Crippen MR) is 81.7 cm³/mol. The fraction of sp³-hybridized carbons (Fsp3) is 0.118. The number of amides is 1. The predicted octanol–water partition coefficient (Wildman–Crippen LogP) is 4.07. The van der Waals surface area contributed by atoms with E-state index in [0.29, 0.717) is 11.3 Å². The van der Waals surface area contributed by atoms with E-state index in [0.717, 1.165) is 23.8 Å². The highest BCUT2D eigenvalue weighted by molar-refractivity contribution is 6.02. The van der Waals surface area contributed by atoms with E-state index in [1.807, 2.05) is 13.0 Å². The molecule has 120 valence electrons. The summed E-state index contributed by atoms with van der Waals surface area (Å²) in [6, 6.07) is 7.10. The zero-order valence-corrected chi connectivity index (χ0v) is 12.5. The van der Waals surface area contributed by atoms with Gasteiger partial charge in [-0.05, 0) is 37.3 Å². The minimum Gasteiger partial charge on any atom is -0.496 e. The molecule has 0 spiro atoms. The van der Waals surface area contributed by atoms with Crippen LogP contribution in [0, 0.1) is 24.4 Å². The van der Waals surface area contributed by atoms with Gasteiger partial charge in [0.25, 0.3) is 0 Å². The Balaban J connectivity index is 2.17. The summed E-state index contributed by atoms with van der Waals surface area (Å²) >= 11 is 0. The van der Waals surface area contributed by atoms with Crippen molar-refractivity contribution in [3.05, 3.63) is 65.0 Å². The van der Waals surface area contributed by atoms with Gasteiger partial charge in [-0.15, -0.1) is 0 Å². The van der Waals surface area contributed by atoms with Crippen molar-refractivity contribution in [1.29, 1.82) is 0 Å². The molecule has 1 N–H and O–H groups in total. The van der Waals surface area contributed by atoms with Crippen molar-refractivity contribution in [3.8, 4) is 5.75 Å². The minimum atomic E-state index is -1.63. The lowest BCUT2D eigenvalue weighted by molar-refractivity contribution is -0.111. The lowest BCUT2D eigenvalue weighted by Gasteiger charge is -2.06. The highest BCUT2D eigenvalue weighted by Gasteiger charge is 2.14. The molecule has 3 nitrogen and oxygen atoms in total. The second kappa shape index (κ2) is 7.00. The van der Waals surface area contributed by atoms with Gasteiger partial charge >= 0.3 is 0 Å². The Labute approximate surface area is 131 Å². The zero-order chi connectivity index (χ0) is 17.0. The van der Waals surface area contributed by atoms with Crippen LogP contribution in [-0.2, 0) is 4.79 Å². The number of ether oxygens (including phenoxy) is 1. The summed E-state index contributed by atoms with van der Waals surface area (Å²) in [6.07, 6.45) is 2.64. The number of carbonyl (C=O) groups excluding carboxylic acids is 1. The van der Waals surface area contributed by atoms with Crippen LogP contribution in [0.3, 0.4) is 0 Å². The number of methoxy groups -OCH3 is 1. The lowest BCUT2D eigenvalue weighted by Crippen LogP contribution is -2.10. The van der Waals surface area contributed by atoms with Crippen LogP contribution in [0.1, 0.15) is 11.1 Å². The maximum Gasteiger partial charge on any atom is 0.248 e. The number of nitrogens with one attached hydrogen (secondary N) is 1. The molecule has 0 aliphatic heterocycles. The Hall–Kier alpha value is -2.76. The smallest absolute Gasteiger partial charge is 0.248 e. The van der Waals surface area contributed by atoms with E-state index >= 15 is 0 Å². The molecule has 0 unspecified atom stereocenters. The number of hydrogen-bond acceptors (Lipinski definition) is 2. The number of benzene rings is 2. The Morgan fingerprint density at radius 1 is 1.13 bits per heavy atom. The average molecular weight is 321 g/mol. The second-order valence-electron chi connectivity index (χ2n) is 4.79. The van der Waals surface area contributed by atoms with E-state index in [1.54, 1.807) is 12.1 Å². The van der Waals surface area contributed by atoms with Gasteiger partial charge in [0.2, 0.25) is 5.91 Å². The molecular formula is C17H14F3NO2. The first-order chi connectivity index (χ1) is 10.9. The number of rotatable bonds is 4. The molecule has 0 heterocycles. The molecule has 0 saturated carbocycles. The van der Waals surface area contributed by atoms with Crippen molar-refractivity contribution >= 4 is 17.7 Å². The molecule has 2 rings (SSSR count). The third-order valence-corrected chi connectivity index (χ3v) is 3.09. The van der Waals surface area contributed by atoms with Gasteiger partial charge in [-0.3, -0.25) is 4.79 Å². The standard InChI is InChI=1S/C17H14F3NO2/c1-10-3-7-14(23-2)11(9-10)4-8-15(22)21-13-6-5-12(18)16(19)17(13)20/h3-9H,1-2H3,(H,21,22)/b8-4+. The average Bonchev–Trinajstić information content (AvgIpc) is 2.53. The Bertz CT molecular complexity index is 773. The number of aryl methyl sites for hydroxylation is 1. The van der Waals surface area contributed by atoms with Crippen LogP contribution in [-0.4, -0.2) is 13.0 Å². The molecule has 0 saturated heterocycles. The van der Waals surface area contributed by atoms with Crippen molar-refractivity contribution in [2.24, 2.45) is 0 Å². The van der Waals surface area contributed by atoms with Crippen LogP contribution in [0.15, 0.2) is 36.4 Å². The molecule has 0 aliphatic carbocycles. The van der Waals surface area contributed by atoms with Crippen LogP contribution >= 0.6 is 0 Å². The molecule has 0 aromatic heterocycles. The van der Waals surface area contributed by atoms with Gasteiger partial charge in [0.05, 0.1) is 12.8 Å². The molecule has 23 heavy (non-hydrogen) atoms. The summed E-state index contributed by atoms with van der Waals surface area (Å²) in [5.74, 6) is -4.51. The van der Waals surface area contributed by atoms with Gasteiger partial charge in [-0.2, -0.15) is 0 Å². The van der Waals surface area contributed by atoms with E-state index in [1.165, 1.54) is 13.2 Å². The van der Waals surface area contributed by atoms with Crippen LogP contribution in [0.2, 0.25) is 0 Å². The van der Waals surface area contributed by atoms with Crippen molar-refractivity contribution in [1.82, 2.24) is 0 Å². The van der Waals surface area contributed by atoms with E-state index in [9.17, 15) is 18.0 Å². The van der Waals surface area contributed by atoms with Crippen LogP contribution in [0.25, 0.3) is 6.08 Å². The molecule has 1 amide bonds. The number of halogens is 3. The monoisotopic (exact) mass is 321 g/mol. The Morgan fingerprint density at radius 2 is 1.87 bits per heavy atom. The molecule has 0 bridgehead atoms. The number of hydrogen-bond donors (Lipinski definition) is 1. The fourth-order valence-electron chi connectivity index (χ4n) is 1.95. The molecule has 2 aromatic rings. The van der Waals surface area contributed by atoms with Crippen LogP contribution in [0.5, 0.6) is 5.75 Å². The van der Waals surface area contributed by atoms with E-state index in [4.69, 9.17) is 4.74 Å². The van der Waals surface area contributed by atoms with Crippen molar-refractivity contribution in [2.45, 2.75) is 6.92 Å². The Morgan fingerprint density at radius 3 is 2.57 bits per heavy atom. The maximum absolute atomic E-state index is 13.5. The van der Waals surface area contributed by atoms with Gasteiger partial charge in [0.1, 0.15) is 5.75 Å². The molecule has 2 aromatic carbocycles. The highest BCUT2D eigenvalue weighted by Crippen LogP contribution is 2.22. The number of anilines is 1. The maximum atomic E-state index is 13.5. The molecule has 0 fully saturated rings. The van der Waals surface area contributed by atoms with Crippen molar-refractivity contribution in [3.63, 3.8) is 0 Å². The minimum absolute atomic E-state index is 0.435. The van der Waals surface area contributed by atoms with Gasteiger partial charge in [-0.1, -0.05) is 11.6 Å². The van der Waals surface area contributed by atoms with Crippen LogP contribution < -0.4 is 10.1 Å². The largest absolute Gasteiger partial charge is 0.496 e. The van der Waals surface area contributed by atoms with Crippen LogP contribution in [0.4, 0.5) is 18.9 Å². The normalized spacial score (nSPS) is 10.8. The molecule has 6 heteroatoms. The topological polar surface area (TPSA) is 38.3 Å². The van der Waals surface area contributed by atoms with E-state index in [-0.39, 0.29) is 0 Å². The summed E-state index contributed by atoms with van der Waals surface area (Å²) in [5.41, 5.74) is 1.20. The third kappa shape index (κ3) is 3.91. The van der Waals surface area contributed by atoms with Crippen molar-refractivity contribution in [2.75, 3.05) is 12.4 Å². The van der Waals surface area contributed by atoms with E-state index < -0.39 is 29.0 Å². The second-order valence-corrected chi connectivity index (χ2v) is 4.79. The SMILES string of the molecule is COc1ccc(C)cc1/C=C/C(=O)Nc1ccc(F)c(F)c1F. The summed E-state index contributed by atoms with van der Waals surface area (Å²) in [7, 11) is 1.50. The molecule has 0 aliphatic rings.